The Hall–Kier alpha value is -3.21. The molecule has 33 heavy (non-hydrogen) atoms. The monoisotopic (exact) mass is 540 g/mol. The number of imidazole rings is 1. The summed E-state index contributed by atoms with van der Waals surface area (Å²) in [5.74, 6) is 0. The van der Waals surface area contributed by atoms with Gasteiger partial charge in [0, 0.05) is 10.0 Å². The van der Waals surface area contributed by atoms with Crippen molar-refractivity contribution in [3.8, 4) is 10.6 Å². The molecule has 7 nitrogen and oxygen atoms in total. The molecule has 0 aliphatic carbocycles. The normalized spacial score (nSPS) is 11.7. The number of rotatable bonds is 6. The lowest BCUT2D eigenvalue weighted by Crippen LogP contribution is -2.30. The van der Waals surface area contributed by atoms with Crippen molar-refractivity contribution in [2.45, 2.75) is 10.8 Å². The third kappa shape index (κ3) is 4.37. The summed E-state index contributed by atoms with van der Waals surface area (Å²) < 4.78 is 30.0. The van der Waals surface area contributed by atoms with Crippen molar-refractivity contribution in [2.75, 3.05) is 4.31 Å². The van der Waals surface area contributed by atoms with E-state index < -0.39 is 10.0 Å². The second-order valence-corrected chi connectivity index (χ2v) is 11.3. The molecule has 166 valence electrons. The quantitative estimate of drug-likeness (QED) is 0.311. The van der Waals surface area contributed by atoms with Crippen LogP contribution in [0.1, 0.15) is 5.56 Å². The maximum absolute atomic E-state index is 13.8. The fraction of sp³-hybridized carbons (Fsp3) is 0.0435. The molecule has 0 aliphatic heterocycles. The van der Waals surface area contributed by atoms with Gasteiger partial charge in [0.05, 0.1) is 29.5 Å². The first-order chi connectivity index (χ1) is 15.9. The molecule has 0 radical (unpaired) electrons. The van der Waals surface area contributed by atoms with E-state index in [2.05, 4.69) is 30.9 Å². The Balaban J connectivity index is 1.59. The zero-order chi connectivity index (χ0) is 23.0. The number of fused-ring (bicyclic) bond motifs is 1. The highest BCUT2D eigenvalue weighted by atomic mass is 79.9. The number of hydrogen-bond acceptors (Lipinski definition) is 5. The van der Waals surface area contributed by atoms with E-state index in [9.17, 15) is 13.2 Å². The number of sulfonamides is 1. The van der Waals surface area contributed by atoms with Gasteiger partial charge in [0.2, 0.25) is 0 Å². The van der Waals surface area contributed by atoms with Gasteiger partial charge in [-0.2, -0.15) is 0 Å². The van der Waals surface area contributed by atoms with Gasteiger partial charge in [0.25, 0.3) is 10.0 Å². The van der Waals surface area contributed by atoms with Gasteiger partial charge in [0.1, 0.15) is 5.01 Å². The summed E-state index contributed by atoms with van der Waals surface area (Å²) in [6.07, 6.45) is 1.39. The van der Waals surface area contributed by atoms with Crippen LogP contribution in [0, 0.1) is 0 Å². The molecule has 2 heterocycles. The molecule has 0 saturated heterocycles. The summed E-state index contributed by atoms with van der Waals surface area (Å²) in [5.41, 5.74) is 2.90. The maximum Gasteiger partial charge on any atom is 0.323 e. The zero-order valence-electron chi connectivity index (χ0n) is 17.0. The lowest BCUT2D eigenvalue weighted by atomic mass is 10.2. The van der Waals surface area contributed by atoms with Crippen molar-refractivity contribution >= 4 is 54.0 Å². The Labute approximate surface area is 201 Å². The summed E-state index contributed by atoms with van der Waals surface area (Å²) >= 11 is 4.56. The SMILES string of the molecule is O=c1[nH]c2ccc(N(Cc3ccccc3)S(=O)(=O)c3cnc(-c4cccc(Br)c4)s3)cc2[nH]1. The number of nitrogens with zero attached hydrogens (tertiary/aromatic N) is 2. The van der Waals surface area contributed by atoms with E-state index in [1.807, 2.05) is 54.6 Å². The van der Waals surface area contributed by atoms with Crippen molar-refractivity contribution in [2.24, 2.45) is 0 Å². The molecule has 5 rings (SSSR count). The van der Waals surface area contributed by atoms with E-state index in [4.69, 9.17) is 0 Å². The standard InChI is InChI=1S/C23H17BrN4O3S2/c24-17-8-4-7-16(11-17)22-25-13-21(32-22)33(30,31)28(14-15-5-2-1-3-6-15)18-9-10-19-20(12-18)27-23(29)26-19/h1-13H,14H2,(H2,26,27,29). The van der Waals surface area contributed by atoms with Crippen LogP contribution < -0.4 is 9.99 Å². The number of halogens is 1. The molecule has 5 aromatic rings. The number of aromatic amines is 2. The molecule has 0 saturated carbocycles. The van der Waals surface area contributed by atoms with Gasteiger partial charge in [-0.05, 0) is 35.9 Å². The van der Waals surface area contributed by atoms with Crippen molar-refractivity contribution < 1.29 is 8.42 Å². The first-order valence-corrected chi connectivity index (χ1v) is 13.0. The second kappa shape index (κ2) is 8.62. The summed E-state index contributed by atoms with van der Waals surface area (Å²) in [7, 11) is -3.94. The number of aromatic nitrogens is 3. The second-order valence-electron chi connectivity index (χ2n) is 7.30. The van der Waals surface area contributed by atoms with E-state index in [1.54, 1.807) is 18.2 Å². The average molecular weight is 541 g/mol. The number of H-pyrrole nitrogens is 2. The zero-order valence-corrected chi connectivity index (χ0v) is 20.2. The summed E-state index contributed by atoms with van der Waals surface area (Å²) in [4.78, 5) is 21.4. The molecular formula is C23H17BrN4O3S2. The van der Waals surface area contributed by atoms with Crippen LogP contribution >= 0.6 is 27.3 Å². The Morgan fingerprint density at radius 2 is 1.73 bits per heavy atom. The van der Waals surface area contributed by atoms with E-state index in [-0.39, 0.29) is 16.4 Å². The number of hydrogen-bond donors (Lipinski definition) is 2. The third-order valence-electron chi connectivity index (χ3n) is 5.06. The summed E-state index contributed by atoms with van der Waals surface area (Å²) in [6, 6.07) is 22.0. The highest BCUT2D eigenvalue weighted by Gasteiger charge is 2.28. The smallest absolute Gasteiger partial charge is 0.306 e. The molecule has 0 amide bonds. The van der Waals surface area contributed by atoms with Crippen LogP contribution in [-0.4, -0.2) is 23.4 Å². The van der Waals surface area contributed by atoms with Crippen molar-refractivity contribution in [1.82, 2.24) is 15.0 Å². The van der Waals surface area contributed by atoms with Crippen molar-refractivity contribution in [1.29, 1.82) is 0 Å². The van der Waals surface area contributed by atoms with Gasteiger partial charge >= 0.3 is 5.69 Å². The number of thiazole rings is 1. The first kappa shape index (κ1) is 21.6. The molecule has 0 spiro atoms. The van der Waals surface area contributed by atoms with Crippen LogP contribution in [0.3, 0.4) is 0 Å². The summed E-state index contributed by atoms with van der Waals surface area (Å²) in [5, 5.41) is 0.611. The number of anilines is 1. The van der Waals surface area contributed by atoms with Gasteiger partial charge in [-0.15, -0.1) is 11.3 Å². The average Bonchev–Trinajstić information content (AvgIpc) is 3.44. The Morgan fingerprint density at radius 3 is 2.52 bits per heavy atom. The van der Waals surface area contributed by atoms with Gasteiger partial charge in [-0.3, -0.25) is 4.31 Å². The van der Waals surface area contributed by atoms with Crippen molar-refractivity contribution in [3.05, 3.63) is 99.5 Å². The van der Waals surface area contributed by atoms with Crippen LogP contribution in [0.5, 0.6) is 0 Å². The predicted molar refractivity (Wildman–Crippen MR) is 134 cm³/mol. The lowest BCUT2D eigenvalue weighted by molar-refractivity contribution is 0.592. The maximum atomic E-state index is 13.8. The highest BCUT2D eigenvalue weighted by molar-refractivity contribution is 9.10. The minimum atomic E-state index is -3.94. The van der Waals surface area contributed by atoms with E-state index in [0.717, 1.165) is 26.9 Å². The van der Waals surface area contributed by atoms with Crippen molar-refractivity contribution in [3.63, 3.8) is 0 Å². The fourth-order valence-corrected chi connectivity index (χ4v) is 6.57. The van der Waals surface area contributed by atoms with Gasteiger partial charge < -0.3 is 9.97 Å². The Kier molecular flexibility index (Phi) is 5.65. The third-order valence-corrected chi connectivity index (χ3v) is 8.81. The van der Waals surface area contributed by atoms with Crippen LogP contribution in [-0.2, 0) is 16.6 Å². The first-order valence-electron chi connectivity index (χ1n) is 9.91. The van der Waals surface area contributed by atoms with Crippen LogP contribution in [0.2, 0.25) is 0 Å². The van der Waals surface area contributed by atoms with E-state index in [1.165, 1.54) is 10.5 Å². The van der Waals surface area contributed by atoms with Crippen LogP contribution in [0.25, 0.3) is 21.6 Å². The van der Waals surface area contributed by atoms with Crippen LogP contribution in [0.4, 0.5) is 5.69 Å². The molecule has 10 heteroatoms. The minimum absolute atomic E-state index is 0.132. The number of nitrogens with one attached hydrogen (secondary N) is 2. The van der Waals surface area contributed by atoms with Gasteiger partial charge in [-0.25, -0.2) is 18.2 Å². The number of benzene rings is 3. The molecule has 0 bridgehead atoms. The topological polar surface area (TPSA) is 98.9 Å². The fourth-order valence-electron chi connectivity index (χ4n) is 3.48. The minimum Gasteiger partial charge on any atom is -0.306 e. The van der Waals surface area contributed by atoms with Gasteiger partial charge in [0.15, 0.2) is 4.21 Å². The molecule has 0 atom stereocenters. The lowest BCUT2D eigenvalue weighted by Gasteiger charge is -2.24. The Morgan fingerprint density at radius 1 is 0.939 bits per heavy atom. The predicted octanol–water partition coefficient (Wildman–Crippen LogP) is 5.14. The molecule has 0 fully saturated rings. The van der Waals surface area contributed by atoms with E-state index >= 15 is 0 Å². The molecule has 2 N–H and O–H groups in total. The molecule has 2 aromatic heterocycles. The van der Waals surface area contributed by atoms with Gasteiger partial charge in [-0.1, -0.05) is 58.4 Å². The molecule has 0 aliphatic rings. The highest BCUT2D eigenvalue weighted by Crippen LogP contribution is 2.34. The largest absolute Gasteiger partial charge is 0.323 e. The molecule has 3 aromatic carbocycles. The molecule has 0 unspecified atom stereocenters. The summed E-state index contributed by atoms with van der Waals surface area (Å²) in [6.45, 7) is 0.132. The van der Waals surface area contributed by atoms with Crippen LogP contribution in [0.15, 0.2) is 92.5 Å². The molecular weight excluding hydrogens is 524 g/mol. The van der Waals surface area contributed by atoms with E-state index in [0.29, 0.717) is 21.7 Å². The Bertz CT molecular complexity index is 1610.